The fourth-order valence-corrected chi connectivity index (χ4v) is 4.52. The third-order valence-electron chi connectivity index (χ3n) is 6.45. The summed E-state index contributed by atoms with van der Waals surface area (Å²) in [5.41, 5.74) is 0.628. The van der Waals surface area contributed by atoms with Gasteiger partial charge in [-0.25, -0.2) is 9.78 Å². The van der Waals surface area contributed by atoms with Gasteiger partial charge in [-0.3, -0.25) is 19.6 Å². The molecule has 34 heavy (non-hydrogen) atoms. The smallest absolute Gasteiger partial charge is 0.327 e. The molecule has 0 aliphatic rings. The second kappa shape index (κ2) is 9.01. The van der Waals surface area contributed by atoms with Crippen LogP contribution in [0.5, 0.6) is 5.75 Å². The molecule has 0 aliphatic carbocycles. The van der Waals surface area contributed by atoms with Crippen molar-refractivity contribution in [3.05, 3.63) is 86.3 Å². The first-order chi connectivity index (χ1) is 16.2. The Bertz CT molecular complexity index is 1450. The topological polar surface area (TPSA) is 144 Å². The molecule has 0 spiro atoms. The molecule has 0 bridgehead atoms. The normalized spacial score (nSPS) is 14.0. The number of nitrogens with one attached hydrogen (secondary N) is 4. The van der Waals surface area contributed by atoms with Crippen LogP contribution in [0.4, 0.5) is 5.69 Å². The van der Waals surface area contributed by atoms with Gasteiger partial charge in [-0.15, -0.1) is 0 Å². The number of benzene rings is 2. The number of imidazole rings is 1. The van der Waals surface area contributed by atoms with Crippen LogP contribution in [0.25, 0.3) is 11.2 Å². The number of carbonyl (C=O) groups is 1. The van der Waals surface area contributed by atoms with Crippen molar-refractivity contribution in [2.24, 2.45) is 5.92 Å². The number of hydrogen-bond acceptors (Lipinski definition) is 5. The summed E-state index contributed by atoms with van der Waals surface area (Å²) in [4.78, 5) is 48.4. The number of carbonyl (C=O) groups excluding carboxylic acids is 1. The lowest BCUT2D eigenvalue weighted by atomic mass is 9.65. The van der Waals surface area contributed by atoms with Crippen LogP contribution < -0.4 is 16.6 Å². The predicted octanol–water partition coefficient (Wildman–Crippen LogP) is 3.18. The lowest BCUT2D eigenvalue weighted by Gasteiger charge is -2.38. The van der Waals surface area contributed by atoms with Gasteiger partial charge in [0.2, 0.25) is 5.91 Å². The highest BCUT2D eigenvalue weighted by atomic mass is 16.3. The minimum Gasteiger partial charge on any atom is -0.508 e. The number of aromatic nitrogens is 4. The molecular weight excluding hydrogens is 434 g/mol. The Morgan fingerprint density at radius 1 is 1.09 bits per heavy atom. The molecule has 5 N–H and O–H groups in total. The van der Waals surface area contributed by atoms with Gasteiger partial charge in [-0.05, 0) is 41.7 Å². The van der Waals surface area contributed by atoms with Crippen molar-refractivity contribution in [2.45, 2.75) is 39.0 Å². The molecule has 0 fully saturated rings. The third kappa shape index (κ3) is 4.12. The van der Waals surface area contributed by atoms with E-state index in [0.29, 0.717) is 17.9 Å². The van der Waals surface area contributed by atoms with E-state index in [-0.39, 0.29) is 28.7 Å². The maximum absolute atomic E-state index is 12.4. The van der Waals surface area contributed by atoms with Gasteiger partial charge < -0.3 is 15.4 Å². The molecule has 1 amide bonds. The number of H-pyrrole nitrogens is 3. The molecule has 9 nitrogen and oxygen atoms in total. The van der Waals surface area contributed by atoms with Crippen LogP contribution in [0.3, 0.4) is 0 Å². The number of para-hydroxylation sites is 1. The SMILES string of the molecule is CCC(C)C(Cc1ccccc1O)(c1ccc(NC(C)=O)cc1)c1nc2[nH]c(=O)[nH]c(=O)c2[nH]1. The summed E-state index contributed by atoms with van der Waals surface area (Å²) >= 11 is 0. The highest BCUT2D eigenvalue weighted by Gasteiger charge is 2.42. The van der Waals surface area contributed by atoms with Gasteiger partial charge in [0.15, 0.2) is 5.65 Å². The quantitative estimate of drug-likeness (QED) is 0.287. The van der Waals surface area contributed by atoms with Crippen molar-refractivity contribution in [3.63, 3.8) is 0 Å². The monoisotopic (exact) mass is 461 g/mol. The summed E-state index contributed by atoms with van der Waals surface area (Å²) in [5.74, 6) is 0.493. The van der Waals surface area contributed by atoms with Gasteiger partial charge in [0.1, 0.15) is 17.1 Å². The number of fused-ring (bicyclic) bond motifs is 1. The third-order valence-corrected chi connectivity index (χ3v) is 6.45. The number of amides is 1. The molecule has 2 heterocycles. The van der Waals surface area contributed by atoms with E-state index in [9.17, 15) is 19.5 Å². The van der Waals surface area contributed by atoms with Crippen LogP contribution in [0, 0.1) is 5.92 Å². The van der Waals surface area contributed by atoms with Gasteiger partial charge in [-0.2, -0.15) is 0 Å². The van der Waals surface area contributed by atoms with Crippen LogP contribution in [-0.4, -0.2) is 30.9 Å². The fourth-order valence-electron chi connectivity index (χ4n) is 4.52. The fraction of sp³-hybridized carbons (Fsp3) is 0.280. The predicted molar refractivity (Wildman–Crippen MR) is 130 cm³/mol. The van der Waals surface area contributed by atoms with Gasteiger partial charge in [0.05, 0.1) is 5.41 Å². The summed E-state index contributed by atoms with van der Waals surface area (Å²) in [7, 11) is 0. The lowest BCUT2D eigenvalue weighted by molar-refractivity contribution is -0.114. The first kappa shape index (κ1) is 23.0. The number of nitrogens with zero attached hydrogens (tertiary/aromatic N) is 1. The molecule has 0 radical (unpaired) electrons. The van der Waals surface area contributed by atoms with Crippen molar-refractivity contribution < 1.29 is 9.90 Å². The zero-order chi connectivity index (χ0) is 24.5. The Morgan fingerprint density at radius 3 is 2.44 bits per heavy atom. The van der Waals surface area contributed by atoms with E-state index in [4.69, 9.17) is 0 Å². The van der Waals surface area contributed by atoms with Gasteiger partial charge in [0, 0.05) is 12.6 Å². The average Bonchev–Trinajstić information content (AvgIpc) is 3.23. The number of anilines is 1. The van der Waals surface area contributed by atoms with Crippen molar-refractivity contribution in [2.75, 3.05) is 5.32 Å². The van der Waals surface area contributed by atoms with E-state index in [1.54, 1.807) is 12.1 Å². The number of rotatable bonds is 7. The van der Waals surface area contributed by atoms with E-state index in [1.165, 1.54) is 6.92 Å². The van der Waals surface area contributed by atoms with Crippen LogP contribution >= 0.6 is 0 Å². The molecule has 0 saturated carbocycles. The molecule has 2 unspecified atom stereocenters. The average molecular weight is 462 g/mol. The van der Waals surface area contributed by atoms with Gasteiger partial charge in [-0.1, -0.05) is 50.6 Å². The lowest BCUT2D eigenvalue weighted by Crippen LogP contribution is -2.38. The molecule has 2 aromatic carbocycles. The first-order valence-electron chi connectivity index (χ1n) is 11.1. The Balaban J connectivity index is 1.99. The summed E-state index contributed by atoms with van der Waals surface area (Å²) < 4.78 is 0. The van der Waals surface area contributed by atoms with Crippen LogP contribution in [0.1, 0.15) is 44.1 Å². The van der Waals surface area contributed by atoms with E-state index in [2.05, 4.69) is 39.1 Å². The highest BCUT2D eigenvalue weighted by molar-refractivity contribution is 5.88. The minimum absolute atomic E-state index is 0.00471. The van der Waals surface area contributed by atoms with Crippen LogP contribution in [-0.2, 0) is 16.6 Å². The number of aromatic amines is 3. The zero-order valence-corrected chi connectivity index (χ0v) is 19.2. The summed E-state index contributed by atoms with van der Waals surface area (Å²) in [6.07, 6.45) is 1.15. The van der Waals surface area contributed by atoms with Crippen molar-refractivity contribution in [3.8, 4) is 5.75 Å². The van der Waals surface area contributed by atoms with Gasteiger partial charge >= 0.3 is 5.69 Å². The van der Waals surface area contributed by atoms with Crippen molar-refractivity contribution in [1.29, 1.82) is 0 Å². The van der Waals surface area contributed by atoms with Crippen LogP contribution in [0.2, 0.25) is 0 Å². The zero-order valence-electron chi connectivity index (χ0n) is 19.2. The molecule has 4 rings (SSSR count). The van der Waals surface area contributed by atoms with E-state index < -0.39 is 16.7 Å². The maximum atomic E-state index is 12.4. The van der Waals surface area contributed by atoms with E-state index in [0.717, 1.165) is 17.5 Å². The largest absolute Gasteiger partial charge is 0.508 e. The van der Waals surface area contributed by atoms with Crippen LogP contribution in [0.15, 0.2) is 58.1 Å². The summed E-state index contributed by atoms with van der Waals surface area (Å²) in [6.45, 7) is 5.59. The molecule has 9 heteroatoms. The summed E-state index contributed by atoms with van der Waals surface area (Å²) in [5, 5.41) is 13.4. The Morgan fingerprint density at radius 2 is 1.79 bits per heavy atom. The Hall–Kier alpha value is -4.14. The molecule has 176 valence electrons. The highest BCUT2D eigenvalue weighted by Crippen LogP contribution is 2.44. The maximum Gasteiger partial charge on any atom is 0.327 e. The van der Waals surface area contributed by atoms with Crippen molar-refractivity contribution >= 4 is 22.8 Å². The second-order valence-electron chi connectivity index (χ2n) is 8.56. The minimum atomic E-state index is -0.787. The van der Waals surface area contributed by atoms with Gasteiger partial charge in [0.25, 0.3) is 5.56 Å². The van der Waals surface area contributed by atoms with E-state index >= 15 is 0 Å². The summed E-state index contributed by atoms with van der Waals surface area (Å²) in [6, 6.07) is 14.6. The van der Waals surface area contributed by atoms with E-state index in [1.807, 2.05) is 36.4 Å². The Labute approximate surface area is 195 Å². The molecule has 0 aliphatic heterocycles. The number of aromatic hydroxyl groups is 1. The standard InChI is InChI=1S/C25H27N5O4/c1-4-14(2)25(13-16-7-5-6-8-19(16)32,17-9-11-18(12-10-17)26-15(3)31)23-27-20-21(28-23)29-24(34)30-22(20)33/h5-12,14,32H,4,13H2,1-3H3,(H,26,31)(H3,27,28,29,30,33,34). The molecule has 2 atom stereocenters. The number of phenols is 1. The number of phenolic OH excluding ortho intramolecular Hbond substituents is 1. The van der Waals surface area contributed by atoms with Crippen molar-refractivity contribution in [1.82, 2.24) is 19.9 Å². The molecular formula is C25H27N5O4. The Kier molecular flexibility index (Phi) is 6.10. The number of hydrogen-bond donors (Lipinski definition) is 5. The second-order valence-corrected chi connectivity index (χ2v) is 8.56. The first-order valence-corrected chi connectivity index (χ1v) is 11.1. The molecule has 0 saturated heterocycles. The molecule has 4 aromatic rings. The molecule has 2 aromatic heterocycles.